The van der Waals surface area contributed by atoms with Gasteiger partial charge < -0.3 is 4.42 Å². The summed E-state index contributed by atoms with van der Waals surface area (Å²) in [5.74, 6) is 1.86. The maximum atomic E-state index is 6.15. The average Bonchev–Trinajstić information content (AvgIpc) is 3.98. The van der Waals surface area contributed by atoms with Gasteiger partial charge in [0.1, 0.15) is 11.2 Å². The molecule has 0 amide bonds. The summed E-state index contributed by atoms with van der Waals surface area (Å²) in [5, 5.41) is 2.20. The highest BCUT2D eigenvalue weighted by Gasteiger charge is 2.51. The molecule has 0 unspecified atom stereocenters. The lowest BCUT2D eigenvalue weighted by molar-refractivity contribution is 0.669. The number of hydrogen-bond acceptors (Lipinski definition) is 4. The van der Waals surface area contributed by atoms with E-state index in [0.717, 1.165) is 60.9 Å². The van der Waals surface area contributed by atoms with Gasteiger partial charge in [-0.05, 0) is 97.1 Å². The topological polar surface area (TPSA) is 51.8 Å². The van der Waals surface area contributed by atoms with Gasteiger partial charge in [-0.1, -0.05) is 182 Å². The van der Waals surface area contributed by atoms with Gasteiger partial charge in [-0.15, -0.1) is 0 Å². The predicted molar refractivity (Wildman–Crippen MR) is 251 cm³/mol. The van der Waals surface area contributed by atoms with Crippen LogP contribution in [0.1, 0.15) is 22.3 Å². The zero-order valence-corrected chi connectivity index (χ0v) is 33.5. The van der Waals surface area contributed by atoms with Gasteiger partial charge in [0.25, 0.3) is 0 Å². The number of furan rings is 1. The van der Waals surface area contributed by atoms with Crippen LogP contribution in [0.5, 0.6) is 0 Å². The predicted octanol–water partition coefficient (Wildman–Crippen LogP) is 14.4. The van der Waals surface area contributed by atoms with Crippen molar-refractivity contribution in [2.45, 2.75) is 5.41 Å². The molecule has 9 aromatic carbocycles. The highest BCUT2D eigenvalue weighted by Crippen LogP contribution is 2.63. The largest absolute Gasteiger partial charge is 0.456 e. The van der Waals surface area contributed by atoms with E-state index in [9.17, 15) is 0 Å². The summed E-state index contributed by atoms with van der Waals surface area (Å²) < 4.78 is 6.15. The van der Waals surface area contributed by atoms with Crippen LogP contribution in [-0.2, 0) is 5.41 Å². The second-order valence-electron chi connectivity index (χ2n) is 16.3. The number of para-hydroxylation sites is 1. The van der Waals surface area contributed by atoms with Crippen molar-refractivity contribution >= 4 is 21.9 Å². The van der Waals surface area contributed by atoms with Crippen molar-refractivity contribution in [3.8, 4) is 78.7 Å². The fraction of sp³-hybridized carbons (Fsp3) is 0.0172. The van der Waals surface area contributed by atoms with Gasteiger partial charge in [0.05, 0.1) is 5.41 Å². The van der Waals surface area contributed by atoms with Crippen LogP contribution in [0.25, 0.3) is 101 Å². The molecule has 13 rings (SSSR count). The number of benzene rings is 9. The second kappa shape index (κ2) is 13.4. The molecule has 2 aliphatic rings. The highest BCUT2D eigenvalue weighted by molar-refractivity contribution is 6.06. The minimum absolute atomic E-state index is 0.391. The Balaban J connectivity index is 0.963. The lowest BCUT2D eigenvalue weighted by Gasteiger charge is -2.30. The van der Waals surface area contributed by atoms with Crippen LogP contribution >= 0.6 is 0 Å². The van der Waals surface area contributed by atoms with E-state index in [2.05, 4.69) is 182 Å². The van der Waals surface area contributed by atoms with Crippen LogP contribution in [0.4, 0.5) is 0 Å². The van der Waals surface area contributed by atoms with Crippen LogP contribution in [0.2, 0.25) is 0 Å². The Labute approximate surface area is 358 Å². The minimum Gasteiger partial charge on any atom is -0.456 e. The molecular formula is C58H35N3O. The summed E-state index contributed by atoms with van der Waals surface area (Å²) >= 11 is 0. The Kier molecular flexibility index (Phi) is 7.49. The number of rotatable bonds is 5. The molecule has 0 saturated carbocycles. The fourth-order valence-corrected chi connectivity index (χ4v) is 10.3. The van der Waals surface area contributed by atoms with E-state index in [4.69, 9.17) is 19.4 Å². The van der Waals surface area contributed by atoms with Gasteiger partial charge in [-0.25, -0.2) is 15.0 Å². The van der Waals surface area contributed by atoms with Crippen molar-refractivity contribution in [3.63, 3.8) is 0 Å². The Morgan fingerprint density at radius 3 is 1.52 bits per heavy atom. The molecule has 0 atom stereocenters. The molecule has 4 nitrogen and oxygen atoms in total. The summed E-state index contributed by atoms with van der Waals surface area (Å²) in [5.41, 5.74) is 18.9. The minimum atomic E-state index is -0.391. The molecule has 4 heteroatoms. The molecule has 0 saturated heterocycles. The summed E-state index contributed by atoms with van der Waals surface area (Å²) in [6, 6.07) is 75.7. The third-order valence-corrected chi connectivity index (χ3v) is 13.0. The van der Waals surface area contributed by atoms with Crippen molar-refractivity contribution in [1.29, 1.82) is 0 Å². The van der Waals surface area contributed by atoms with Crippen molar-refractivity contribution in [2.75, 3.05) is 0 Å². The fourth-order valence-electron chi connectivity index (χ4n) is 10.3. The molecule has 62 heavy (non-hydrogen) atoms. The van der Waals surface area contributed by atoms with Crippen LogP contribution in [0.3, 0.4) is 0 Å². The normalized spacial score (nSPS) is 13.0. The number of nitrogens with zero attached hydrogens (tertiary/aromatic N) is 3. The van der Waals surface area contributed by atoms with Gasteiger partial charge in [-0.2, -0.15) is 0 Å². The Morgan fingerprint density at radius 2 is 0.774 bits per heavy atom. The first kappa shape index (κ1) is 34.6. The molecule has 0 N–H and O–H groups in total. The molecule has 2 aromatic heterocycles. The molecule has 1 spiro atoms. The maximum Gasteiger partial charge on any atom is 0.164 e. The summed E-state index contributed by atoms with van der Waals surface area (Å²) in [6.07, 6.45) is 0. The van der Waals surface area contributed by atoms with Gasteiger partial charge >= 0.3 is 0 Å². The van der Waals surface area contributed by atoms with E-state index in [1.807, 2.05) is 30.3 Å². The lowest BCUT2D eigenvalue weighted by atomic mass is 9.70. The van der Waals surface area contributed by atoms with Crippen molar-refractivity contribution in [3.05, 3.63) is 235 Å². The highest BCUT2D eigenvalue weighted by atomic mass is 16.3. The zero-order chi connectivity index (χ0) is 40.8. The van der Waals surface area contributed by atoms with Crippen LogP contribution in [-0.4, -0.2) is 15.0 Å². The number of fused-ring (bicyclic) bond motifs is 13. The molecule has 288 valence electrons. The Hall–Kier alpha value is -8.21. The quantitative estimate of drug-likeness (QED) is 0.174. The van der Waals surface area contributed by atoms with E-state index in [-0.39, 0.29) is 0 Å². The smallest absolute Gasteiger partial charge is 0.164 e. The third kappa shape index (κ3) is 5.04. The summed E-state index contributed by atoms with van der Waals surface area (Å²) in [6.45, 7) is 0. The monoisotopic (exact) mass is 789 g/mol. The van der Waals surface area contributed by atoms with E-state index < -0.39 is 5.41 Å². The van der Waals surface area contributed by atoms with Crippen LogP contribution < -0.4 is 0 Å². The molecule has 2 heterocycles. The molecular weight excluding hydrogens is 755 g/mol. The van der Waals surface area contributed by atoms with Crippen LogP contribution in [0, 0.1) is 0 Å². The first-order chi connectivity index (χ1) is 30.7. The van der Waals surface area contributed by atoms with Gasteiger partial charge in [0, 0.05) is 27.5 Å². The van der Waals surface area contributed by atoms with Crippen molar-refractivity contribution < 1.29 is 4.42 Å². The molecule has 0 aliphatic heterocycles. The first-order valence-electron chi connectivity index (χ1n) is 21.1. The third-order valence-electron chi connectivity index (χ3n) is 13.0. The van der Waals surface area contributed by atoms with Gasteiger partial charge in [-0.3, -0.25) is 0 Å². The van der Waals surface area contributed by atoms with E-state index in [1.165, 1.54) is 44.5 Å². The molecule has 0 radical (unpaired) electrons. The van der Waals surface area contributed by atoms with E-state index in [1.54, 1.807) is 0 Å². The number of hydrogen-bond donors (Lipinski definition) is 0. The standard InChI is InChI=1S/C58H35N3O/c1-2-15-36(16-3-1)55-59-56(40-18-14-17-37(33-40)38-30-32-54-48(34-38)45-23-9-13-28-53(45)62-54)61-57(60-55)46-24-5-4-19-41(46)39-29-31-52-47(35-39)44-22-8-12-27-51(44)58(52)49-25-10-6-20-42(49)43-21-7-11-26-50(43)58/h1-35H. The van der Waals surface area contributed by atoms with Gasteiger partial charge in [0.15, 0.2) is 17.5 Å². The molecule has 11 aromatic rings. The van der Waals surface area contributed by atoms with Gasteiger partial charge in [0.2, 0.25) is 0 Å². The van der Waals surface area contributed by atoms with E-state index in [0.29, 0.717) is 17.5 Å². The summed E-state index contributed by atoms with van der Waals surface area (Å²) in [4.78, 5) is 15.6. The summed E-state index contributed by atoms with van der Waals surface area (Å²) in [7, 11) is 0. The molecule has 0 fully saturated rings. The van der Waals surface area contributed by atoms with E-state index >= 15 is 0 Å². The van der Waals surface area contributed by atoms with Crippen molar-refractivity contribution in [1.82, 2.24) is 15.0 Å². The average molecular weight is 790 g/mol. The van der Waals surface area contributed by atoms with Crippen molar-refractivity contribution in [2.24, 2.45) is 0 Å². The molecule has 2 aliphatic carbocycles. The Bertz CT molecular complexity index is 3560. The number of aromatic nitrogens is 3. The van der Waals surface area contributed by atoms with Crippen LogP contribution in [0.15, 0.2) is 217 Å². The zero-order valence-electron chi connectivity index (χ0n) is 33.5. The Morgan fingerprint density at radius 1 is 0.274 bits per heavy atom. The lowest BCUT2D eigenvalue weighted by Crippen LogP contribution is -2.25. The maximum absolute atomic E-state index is 6.15. The SMILES string of the molecule is c1ccc(-c2nc(-c3cccc(-c4ccc5oc6ccccc6c5c4)c3)nc(-c3ccccc3-c3ccc4c(c3)-c3ccccc3C43c4ccccc4-c4ccccc43)n2)cc1. The molecule has 0 bridgehead atoms. The second-order valence-corrected chi connectivity index (χ2v) is 16.3. The first-order valence-corrected chi connectivity index (χ1v) is 21.1.